The molecule has 3 rings (SSSR count). The van der Waals surface area contributed by atoms with Crippen molar-refractivity contribution in [3.05, 3.63) is 65.2 Å². The van der Waals surface area contributed by atoms with Crippen LogP contribution in [0.15, 0.2) is 54.6 Å². The van der Waals surface area contributed by atoms with Gasteiger partial charge in [-0.1, -0.05) is 55.5 Å². The number of fused-ring (bicyclic) bond motifs is 1. The van der Waals surface area contributed by atoms with Crippen molar-refractivity contribution >= 4 is 23.1 Å². The van der Waals surface area contributed by atoms with Gasteiger partial charge in [0.1, 0.15) is 0 Å². The number of hydrogen-bond donors (Lipinski definition) is 0. The highest BCUT2D eigenvalue weighted by Crippen LogP contribution is 2.14. The van der Waals surface area contributed by atoms with E-state index in [1.54, 1.807) is 0 Å². The van der Waals surface area contributed by atoms with Crippen LogP contribution in [0.25, 0.3) is 28.7 Å². The van der Waals surface area contributed by atoms with E-state index >= 15 is 0 Å². The van der Waals surface area contributed by atoms with Crippen molar-refractivity contribution < 1.29 is 0 Å². The van der Waals surface area contributed by atoms with Crippen molar-refractivity contribution in [2.45, 2.75) is 20.3 Å². The fourth-order valence-corrected chi connectivity index (χ4v) is 2.84. The van der Waals surface area contributed by atoms with E-state index in [0.29, 0.717) is 0 Å². The van der Waals surface area contributed by atoms with E-state index in [1.165, 1.54) is 27.2 Å². The zero-order valence-electron chi connectivity index (χ0n) is 12.0. The molecule has 0 saturated carbocycles. The molecule has 0 unspecified atom stereocenters. The predicted octanol–water partition coefficient (Wildman–Crippen LogP) is 3.62. The maximum Gasteiger partial charge on any atom is 0.0540 e. The molecule has 100 valence electrons. The zero-order chi connectivity index (χ0) is 13.9. The summed E-state index contributed by atoms with van der Waals surface area (Å²) < 4.78 is 2.36. The molecule has 0 atom stereocenters. The summed E-state index contributed by atoms with van der Waals surface area (Å²) in [7, 11) is 0. The van der Waals surface area contributed by atoms with Gasteiger partial charge in [0.15, 0.2) is 0 Å². The minimum atomic E-state index is 1.03. The molecule has 0 bridgehead atoms. The van der Waals surface area contributed by atoms with E-state index < -0.39 is 0 Å². The summed E-state index contributed by atoms with van der Waals surface area (Å²) in [6, 6.07) is 19.2. The Morgan fingerprint density at radius 2 is 1.65 bits per heavy atom. The number of benzene rings is 2. The second-order valence-corrected chi connectivity index (χ2v) is 4.89. The smallest absolute Gasteiger partial charge is 0.0540 e. The molecule has 0 aliphatic rings. The lowest BCUT2D eigenvalue weighted by molar-refractivity contribution is 1.06. The first kappa shape index (κ1) is 12.7. The first-order valence-electron chi connectivity index (χ1n) is 7.18. The summed E-state index contributed by atoms with van der Waals surface area (Å²) in [6.45, 7) is 4.30. The molecule has 20 heavy (non-hydrogen) atoms. The minimum Gasteiger partial charge on any atom is -0.310 e. The maximum absolute atomic E-state index is 2.36. The number of aromatic nitrogens is 1. The Morgan fingerprint density at radius 3 is 2.35 bits per heavy atom. The highest BCUT2D eigenvalue weighted by Gasteiger charge is 2.07. The summed E-state index contributed by atoms with van der Waals surface area (Å²) in [6.07, 6.45) is 5.55. The third-order valence-electron chi connectivity index (χ3n) is 3.65. The summed E-state index contributed by atoms with van der Waals surface area (Å²) in [5, 5.41) is 3.94. The van der Waals surface area contributed by atoms with Crippen molar-refractivity contribution in [3.63, 3.8) is 0 Å². The summed E-state index contributed by atoms with van der Waals surface area (Å²) in [4.78, 5) is 0. The Balaban J connectivity index is 2.54. The number of rotatable bonds is 2. The molecule has 1 aromatic heterocycles. The first-order valence-corrected chi connectivity index (χ1v) is 7.18. The van der Waals surface area contributed by atoms with E-state index in [0.717, 1.165) is 6.42 Å². The van der Waals surface area contributed by atoms with E-state index in [2.05, 4.69) is 85.2 Å². The lowest BCUT2D eigenvalue weighted by Gasteiger charge is -2.06. The van der Waals surface area contributed by atoms with Gasteiger partial charge < -0.3 is 4.57 Å². The second kappa shape index (κ2) is 5.38. The van der Waals surface area contributed by atoms with Gasteiger partial charge in [0.2, 0.25) is 0 Å². The molecule has 0 amide bonds. The average molecular weight is 261 g/mol. The van der Waals surface area contributed by atoms with Gasteiger partial charge in [-0.2, -0.15) is 0 Å². The molecule has 0 spiro atoms. The van der Waals surface area contributed by atoms with Crippen LogP contribution in [0.4, 0.5) is 0 Å². The van der Waals surface area contributed by atoms with Crippen LogP contribution >= 0.6 is 0 Å². The normalized spacial score (nSPS) is 13.3. The Labute approximate surface area is 119 Å². The molecular weight excluding hydrogens is 242 g/mol. The van der Waals surface area contributed by atoms with Crippen molar-refractivity contribution in [3.8, 4) is 5.69 Å². The van der Waals surface area contributed by atoms with Gasteiger partial charge in [0.05, 0.1) is 5.52 Å². The third kappa shape index (κ3) is 1.96. The molecule has 1 heterocycles. The fraction of sp³-hybridized carbons (Fsp3) is 0.158. The topological polar surface area (TPSA) is 4.93 Å². The lowest BCUT2D eigenvalue weighted by atomic mass is 10.2. The SMILES string of the molecule is C/C=c1\c(=C/CC)n(-c2ccccc2)c2ccccc12. The van der Waals surface area contributed by atoms with E-state index in [9.17, 15) is 0 Å². The van der Waals surface area contributed by atoms with Gasteiger partial charge in [-0.3, -0.25) is 0 Å². The highest BCUT2D eigenvalue weighted by atomic mass is 15.0. The lowest BCUT2D eigenvalue weighted by Crippen LogP contribution is -2.28. The van der Waals surface area contributed by atoms with E-state index in [1.807, 2.05) is 0 Å². The van der Waals surface area contributed by atoms with Crippen molar-refractivity contribution in [2.75, 3.05) is 0 Å². The van der Waals surface area contributed by atoms with Crippen molar-refractivity contribution in [1.29, 1.82) is 0 Å². The van der Waals surface area contributed by atoms with Crippen LogP contribution in [0.5, 0.6) is 0 Å². The van der Waals surface area contributed by atoms with Crippen LogP contribution in [0, 0.1) is 0 Å². The van der Waals surface area contributed by atoms with Gasteiger partial charge >= 0.3 is 0 Å². The van der Waals surface area contributed by atoms with Gasteiger partial charge in [0, 0.05) is 21.6 Å². The highest BCUT2D eigenvalue weighted by molar-refractivity contribution is 5.83. The third-order valence-corrected chi connectivity index (χ3v) is 3.65. The molecule has 0 saturated heterocycles. The van der Waals surface area contributed by atoms with Crippen LogP contribution in [-0.2, 0) is 0 Å². The number of nitrogens with zero attached hydrogens (tertiary/aromatic N) is 1. The molecule has 0 N–H and O–H groups in total. The largest absolute Gasteiger partial charge is 0.310 e. The van der Waals surface area contributed by atoms with Gasteiger partial charge in [-0.05, 0) is 31.5 Å². The monoisotopic (exact) mass is 261 g/mol. The molecule has 0 fully saturated rings. The van der Waals surface area contributed by atoms with Crippen LogP contribution < -0.4 is 10.6 Å². The van der Waals surface area contributed by atoms with Crippen LogP contribution in [0.2, 0.25) is 0 Å². The maximum atomic E-state index is 2.36. The minimum absolute atomic E-state index is 1.03. The van der Waals surface area contributed by atoms with E-state index in [-0.39, 0.29) is 0 Å². The Bertz CT molecular complexity index is 839. The van der Waals surface area contributed by atoms with Gasteiger partial charge in [-0.25, -0.2) is 0 Å². The fourth-order valence-electron chi connectivity index (χ4n) is 2.84. The summed E-state index contributed by atoms with van der Waals surface area (Å²) >= 11 is 0. The van der Waals surface area contributed by atoms with Crippen molar-refractivity contribution in [2.24, 2.45) is 0 Å². The first-order chi connectivity index (χ1) is 9.86. The Hall–Kier alpha value is -2.28. The van der Waals surface area contributed by atoms with Crippen LogP contribution in [0.1, 0.15) is 20.3 Å². The Morgan fingerprint density at radius 1 is 0.950 bits per heavy atom. The number of hydrogen-bond acceptors (Lipinski definition) is 0. The van der Waals surface area contributed by atoms with Gasteiger partial charge in [0.25, 0.3) is 0 Å². The van der Waals surface area contributed by atoms with Crippen LogP contribution in [-0.4, -0.2) is 4.57 Å². The molecule has 1 heteroatoms. The second-order valence-electron chi connectivity index (χ2n) is 4.89. The molecular formula is C19H19N. The number of para-hydroxylation sites is 2. The molecule has 2 aromatic carbocycles. The summed E-state index contributed by atoms with van der Waals surface area (Å²) in [5.74, 6) is 0. The van der Waals surface area contributed by atoms with E-state index in [4.69, 9.17) is 0 Å². The average Bonchev–Trinajstić information content (AvgIpc) is 2.82. The zero-order valence-corrected chi connectivity index (χ0v) is 12.0. The molecule has 0 radical (unpaired) electrons. The molecule has 0 aliphatic heterocycles. The van der Waals surface area contributed by atoms with Crippen LogP contribution in [0.3, 0.4) is 0 Å². The molecule has 3 aromatic rings. The molecule has 0 aliphatic carbocycles. The quantitative estimate of drug-likeness (QED) is 0.664. The summed E-state index contributed by atoms with van der Waals surface area (Å²) in [5.41, 5.74) is 2.49. The van der Waals surface area contributed by atoms with Gasteiger partial charge in [-0.15, -0.1) is 0 Å². The Kier molecular flexibility index (Phi) is 3.42. The molecule has 1 nitrogen and oxygen atoms in total. The van der Waals surface area contributed by atoms with Crippen molar-refractivity contribution in [1.82, 2.24) is 4.57 Å². The standard InChI is InChI=1S/C19H19N/c1-3-10-18-16(4-2)17-13-8-9-14-19(17)20(18)15-11-6-5-7-12-15/h4-14H,3H2,1-2H3/b16-4-,18-10+. The predicted molar refractivity (Wildman–Crippen MR) is 87.4 cm³/mol.